The van der Waals surface area contributed by atoms with Crippen LogP contribution < -0.4 is 10.1 Å². The molecule has 0 fully saturated rings. The Hall–Kier alpha value is -2.22. The van der Waals surface area contributed by atoms with Crippen molar-refractivity contribution in [3.63, 3.8) is 0 Å². The number of nitrogens with one attached hydrogen (secondary N) is 1. The Kier molecular flexibility index (Phi) is 5.49. The molecular formula is C17H14Cl2N2O2. The van der Waals surface area contributed by atoms with Crippen molar-refractivity contribution in [1.82, 2.24) is 0 Å². The third-order valence-electron chi connectivity index (χ3n) is 3.12. The first-order valence-corrected chi connectivity index (χ1v) is 7.55. The Morgan fingerprint density at radius 1 is 1.22 bits per heavy atom. The second-order valence-electron chi connectivity index (χ2n) is 5.03. The van der Waals surface area contributed by atoms with E-state index in [2.05, 4.69) is 5.32 Å². The van der Waals surface area contributed by atoms with Gasteiger partial charge in [-0.15, -0.1) is 0 Å². The van der Waals surface area contributed by atoms with Gasteiger partial charge in [0.05, 0.1) is 27.4 Å². The lowest BCUT2D eigenvalue weighted by atomic mass is 10.1. The lowest BCUT2D eigenvalue weighted by molar-refractivity contribution is -0.118. The van der Waals surface area contributed by atoms with E-state index in [-0.39, 0.29) is 17.5 Å². The minimum atomic E-state index is -0.348. The van der Waals surface area contributed by atoms with Gasteiger partial charge in [0.25, 0.3) is 5.91 Å². The molecule has 2 aromatic rings. The van der Waals surface area contributed by atoms with Gasteiger partial charge in [0.1, 0.15) is 5.75 Å². The quantitative estimate of drug-likeness (QED) is 0.884. The van der Waals surface area contributed by atoms with Crippen LogP contribution in [0.1, 0.15) is 16.7 Å². The predicted molar refractivity (Wildman–Crippen MR) is 91.2 cm³/mol. The fraction of sp³-hybridized carbons (Fsp3) is 0.176. The number of anilines is 1. The first-order valence-electron chi connectivity index (χ1n) is 6.79. The van der Waals surface area contributed by atoms with Crippen molar-refractivity contribution >= 4 is 34.8 Å². The number of carbonyl (C=O) groups excluding carboxylic acids is 1. The number of ether oxygens (including phenoxy) is 1. The summed E-state index contributed by atoms with van der Waals surface area (Å²) in [6.07, 6.45) is 0. The van der Waals surface area contributed by atoms with E-state index >= 15 is 0 Å². The number of hydrogen-bond donors (Lipinski definition) is 1. The fourth-order valence-corrected chi connectivity index (χ4v) is 2.68. The fourth-order valence-electron chi connectivity index (χ4n) is 2.08. The second-order valence-corrected chi connectivity index (χ2v) is 5.85. The Morgan fingerprint density at radius 3 is 2.57 bits per heavy atom. The molecule has 2 rings (SSSR count). The molecule has 0 spiro atoms. The Morgan fingerprint density at radius 2 is 1.96 bits per heavy atom. The predicted octanol–water partition coefficient (Wildman–Crippen LogP) is 4.50. The van der Waals surface area contributed by atoms with Crippen molar-refractivity contribution in [3.8, 4) is 11.8 Å². The topological polar surface area (TPSA) is 62.1 Å². The molecule has 0 saturated carbocycles. The van der Waals surface area contributed by atoms with E-state index in [0.29, 0.717) is 22.0 Å². The Bertz CT molecular complexity index is 775. The van der Waals surface area contributed by atoms with Crippen LogP contribution in [0.4, 0.5) is 5.69 Å². The van der Waals surface area contributed by atoms with E-state index in [9.17, 15) is 4.79 Å². The zero-order valence-corrected chi connectivity index (χ0v) is 14.1. The van der Waals surface area contributed by atoms with Crippen LogP contribution in [0.25, 0.3) is 0 Å². The van der Waals surface area contributed by atoms with E-state index in [1.165, 1.54) is 6.07 Å². The first-order chi connectivity index (χ1) is 10.9. The SMILES string of the molecule is Cc1cc(C)c(NC(=O)COc2ccc(C#N)cc2Cl)c(Cl)c1. The van der Waals surface area contributed by atoms with Gasteiger partial charge in [-0.3, -0.25) is 4.79 Å². The summed E-state index contributed by atoms with van der Waals surface area (Å²) in [5.74, 6) is -0.00757. The van der Waals surface area contributed by atoms with Crippen LogP contribution in [0.2, 0.25) is 10.0 Å². The van der Waals surface area contributed by atoms with Crippen molar-refractivity contribution < 1.29 is 9.53 Å². The molecule has 0 aliphatic heterocycles. The van der Waals surface area contributed by atoms with Gasteiger partial charge in [-0.05, 0) is 49.2 Å². The molecule has 1 N–H and O–H groups in total. The number of rotatable bonds is 4. The van der Waals surface area contributed by atoms with Crippen molar-refractivity contribution in [2.75, 3.05) is 11.9 Å². The summed E-state index contributed by atoms with van der Waals surface area (Å²) in [7, 11) is 0. The number of carbonyl (C=O) groups is 1. The molecule has 0 bridgehead atoms. The summed E-state index contributed by atoms with van der Waals surface area (Å²) in [6, 6.07) is 10.3. The van der Waals surface area contributed by atoms with E-state index in [4.69, 9.17) is 33.2 Å². The standard InChI is InChI=1S/C17H14Cl2N2O2/c1-10-5-11(2)17(14(19)6-10)21-16(22)9-23-15-4-3-12(8-20)7-13(15)18/h3-7H,9H2,1-2H3,(H,21,22). The van der Waals surface area contributed by atoms with Gasteiger partial charge in [0, 0.05) is 0 Å². The number of hydrogen-bond acceptors (Lipinski definition) is 3. The molecule has 0 unspecified atom stereocenters. The average molecular weight is 349 g/mol. The first kappa shape index (κ1) is 17.1. The third-order valence-corrected chi connectivity index (χ3v) is 3.71. The molecule has 118 valence electrons. The minimum absolute atomic E-state index is 0.213. The van der Waals surface area contributed by atoms with Crippen LogP contribution in [0.15, 0.2) is 30.3 Å². The normalized spacial score (nSPS) is 10.0. The largest absolute Gasteiger partial charge is 0.482 e. The van der Waals surface area contributed by atoms with Gasteiger partial charge in [0.2, 0.25) is 0 Å². The van der Waals surface area contributed by atoms with E-state index in [0.717, 1.165) is 11.1 Å². The summed E-state index contributed by atoms with van der Waals surface area (Å²) in [6.45, 7) is 3.59. The number of halogens is 2. The van der Waals surface area contributed by atoms with Gasteiger partial charge in [-0.1, -0.05) is 29.3 Å². The maximum atomic E-state index is 12.0. The number of aryl methyl sites for hydroxylation is 2. The highest BCUT2D eigenvalue weighted by molar-refractivity contribution is 6.34. The highest BCUT2D eigenvalue weighted by atomic mass is 35.5. The maximum absolute atomic E-state index is 12.0. The monoisotopic (exact) mass is 348 g/mol. The lowest BCUT2D eigenvalue weighted by Gasteiger charge is -2.12. The summed E-state index contributed by atoms with van der Waals surface area (Å²) in [4.78, 5) is 12.0. The van der Waals surface area contributed by atoms with Gasteiger partial charge in [-0.25, -0.2) is 0 Å². The molecule has 0 atom stereocenters. The molecule has 0 heterocycles. The Labute approximate surface area is 144 Å². The van der Waals surface area contributed by atoms with E-state index in [1.54, 1.807) is 18.2 Å². The van der Waals surface area contributed by atoms with Crippen molar-refractivity contribution in [1.29, 1.82) is 5.26 Å². The molecule has 0 radical (unpaired) electrons. The van der Waals surface area contributed by atoms with Gasteiger partial charge in [-0.2, -0.15) is 5.26 Å². The van der Waals surface area contributed by atoms with E-state index < -0.39 is 0 Å². The minimum Gasteiger partial charge on any atom is -0.482 e. The van der Waals surface area contributed by atoms with Crippen LogP contribution in [0.5, 0.6) is 5.75 Å². The van der Waals surface area contributed by atoms with Crippen LogP contribution in [0.3, 0.4) is 0 Å². The summed E-state index contributed by atoms with van der Waals surface area (Å²) in [5.41, 5.74) is 2.89. The number of benzene rings is 2. The molecule has 1 amide bonds. The molecule has 0 aromatic heterocycles. The number of nitriles is 1. The average Bonchev–Trinajstić information content (AvgIpc) is 2.49. The molecular weight excluding hydrogens is 335 g/mol. The highest BCUT2D eigenvalue weighted by Gasteiger charge is 2.11. The zero-order chi connectivity index (χ0) is 17.0. The highest BCUT2D eigenvalue weighted by Crippen LogP contribution is 2.28. The van der Waals surface area contributed by atoms with Crippen molar-refractivity contribution in [2.45, 2.75) is 13.8 Å². The van der Waals surface area contributed by atoms with Crippen molar-refractivity contribution in [2.24, 2.45) is 0 Å². The molecule has 0 aliphatic rings. The second kappa shape index (κ2) is 7.36. The maximum Gasteiger partial charge on any atom is 0.262 e. The molecule has 0 saturated heterocycles. The smallest absolute Gasteiger partial charge is 0.262 e. The zero-order valence-electron chi connectivity index (χ0n) is 12.6. The molecule has 0 aliphatic carbocycles. The van der Waals surface area contributed by atoms with Crippen LogP contribution in [0, 0.1) is 25.2 Å². The van der Waals surface area contributed by atoms with Crippen molar-refractivity contribution in [3.05, 3.63) is 57.1 Å². The van der Waals surface area contributed by atoms with Crippen LogP contribution in [-0.4, -0.2) is 12.5 Å². The molecule has 2 aromatic carbocycles. The van der Waals surface area contributed by atoms with Gasteiger partial charge >= 0.3 is 0 Å². The summed E-state index contributed by atoms with van der Waals surface area (Å²) < 4.78 is 5.38. The van der Waals surface area contributed by atoms with Gasteiger partial charge < -0.3 is 10.1 Å². The molecule has 23 heavy (non-hydrogen) atoms. The molecule has 6 heteroatoms. The third kappa shape index (κ3) is 4.38. The lowest BCUT2D eigenvalue weighted by Crippen LogP contribution is -2.21. The number of nitrogens with zero attached hydrogens (tertiary/aromatic N) is 1. The summed E-state index contributed by atoms with van der Waals surface area (Å²) in [5, 5.41) is 12.3. The number of amides is 1. The van der Waals surface area contributed by atoms with Gasteiger partial charge in [0.15, 0.2) is 6.61 Å². The summed E-state index contributed by atoms with van der Waals surface area (Å²) >= 11 is 12.1. The van der Waals surface area contributed by atoms with Crippen LogP contribution >= 0.6 is 23.2 Å². The van der Waals surface area contributed by atoms with E-state index in [1.807, 2.05) is 26.0 Å². The Balaban J connectivity index is 2.03. The molecule has 4 nitrogen and oxygen atoms in total. The van der Waals surface area contributed by atoms with Crippen LogP contribution in [-0.2, 0) is 4.79 Å².